The number of benzene rings is 1. The number of carbonyl (C=O) groups is 1. The lowest BCUT2D eigenvalue weighted by molar-refractivity contribution is -0.137. The Labute approximate surface area is 115 Å². The Kier molecular flexibility index (Phi) is 4.98. The van der Waals surface area contributed by atoms with Gasteiger partial charge in [0.25, 0.3) is 0 Å². The fourth-order valence-corrected chi connectivity index (χ4v) is 3.51. The summed E-state index contributed by atoms with van der Waals surface area (Å²) >= 11 is 11.6. The highest BCUT2D eigenvalue weighted by atomic mass is 35.5. The summed E-state index contributed by atoms with van der Waals surface area (Å²) in [6.07, 6.45) is -0.294. The molecular weight excluding hydrogens is 301 g/mol. The van der Waals surface area contributed by atoms with Crippen LogP contribution in [0.3, 0.4) is 0 Å². The van der Waals surface area contributed by atoms with Crippen molar-refractivity contribution in [1.29, 1.82) is 0 Å². The van der Waals surface area contributed by atoms with Gasteiger partial charge in [0.05, 0.1) is 16.5 Å². The molecule has 0 fully saturated rings. The molecule has 100 valence electrons. The fraction of sp³-hybridized carbons (Fsp3) is 0.300. The lowest BCUT2D eigenvalue weighted by atomic mass is 10.4. The zero-order chi connectivity index (χ0) is 13.9. The number of carboxylic acid groups (broad SMARTS) is 1. The van der Waals surface area contributed by atoms with Crippen LogP contribution in [0.15, 0.2) is 23.1 Å². The molecule has 0 aliphatic carbocycles. The molecule has 1 rings (SSSR count). The molecule has 0 saturated heterocycles. The normalized spacial score (nSPS) is 11.8. The van der Waals surface area contributed by atoms with Gasteiger partial charge in [-0.25, -0.2) is 12.7 Å². The minimum absolute atomic E-state index is 0.00433. The number of halogens is 2. The van der Waals surface area contributed by atoms with Crippen LogP contribution >= 0.6 is 23.2 Å². The van der Waals surface area contributed by atoms with Gasteiger partial charge in [-0.2, -0.15) is 0 Å². The highest BCUT2D eigenvalue weighted by Gasteiger charge is 2.26. The molecule has 0 aliphatic heterocycles. The molecule has 1 N–H and O–H groups in total. The van der Waals surface area contributed by atoms with E-state index in [4.69, 9.17) is 28.3 Å². The van der Waals surface area contributed by atoms with Gasteiger partial charge >= 0.3 is 5.97 Å². The van der Waals surface area contributed by atoms with E-state index in [0.29, 0.717) is 0 Å². The molecule has 0 heterocycles. The average molecular weight is 312 g/mol. The van der Waals surface area contributed by atoms with Gasteiger partial charge in [-0.05, 0) is 12.1 Å². The predicted molar refractivity (Wildman–Crippen MR) is 68.5 cm³/mol. The summed E-state index contributed by atoms with van der Waals surface area (Å²) < 4.78 is 25.2. The Morgan fingerprint density at radius 3 is 2.28 bits per heavy atom. The third-order valence-corrected chi connectivity index (χ3v) is 5.04. The number of hydrogen-bond acceptors (Lipinski definition) is 3. The smallest absolute Gasteiger partial charge is 0.304 e. The number of sulfonamides is 1. The fourth-order valence-electron chi connectivity index (χ4n) is 1.26. The highest BCUT2D eigenvalue weighted by molar-refractivity contribution is 7.89. The molecule has 1 aromatic carbocycles. The molecule has 0 aromatic heterocycles. The van der Waals surface area contributed by atoms with Gasteiger partial charge in [0.2, 0.25) is 10.0 Å². The first-order chi connectivity index (χ1) is 8.26. The van der Waals surface area contributed by atoms with E-state index < -0.39 is 16.0 Å². The molecule has 0 aliphatic rings. The molecule has 1 aromatic rings. The molecule has 5 nitrogen and oxygen atoms in total. The Hall–Kier alpha value is -0.820. The summed E-state index contributed by atoms with van der Waals surface area (Å²) in [5.74, 6) is -1.08. The van der Waals surface area contributed by atoms with Gasteiger partial charge in [-0.3, -0.25) is 4.79 Å². The number of carboxylic acids is 1. The van der Waals surface area contributed by atoms with Crippen molar-refractivity contribution < 1.29 is 18.3 Å². The van der Waals surface area contributed by atoms with Crippen molar-refractivity contribution in [3.05, 3.63) is 28.2 Å². The Bertz CT molecular complexity index is 539. The molecule has 0 atom stereocenters. The number of nitrogens with zero attached hydrogens (tertiary/aromatic N) is 1. The van der Waals surface area contributed by atoms with E-state index in [1.807, 2.05) is 0 Å². The Morgan fingerprint density at radius 1 is 1.33 bits per heavy atom. The minimum atomic E-state index is -3.89. The number of rotatable bonds is 5. The van der Waals surface area contributed by atoms with E-state index in [1.165, 1.54) is 25.2 Å². The van der Waals surface area contributed by atoms with E-state index in [-0.39, 0.29) is 27.9 Å². The molecule has 0 saturated carbocycles. The van der Waals surface area contributed by atoms with Gasteiger partial charge in [0, 0.05) is 13.6 Å². The first-order valence-electron chi connectivity index (χ1n) is 4.89. The van der Waals surface area contributed by atoms with Crippen molar-refractivity contribution in [2.24, 2.45) is 0 Å². The van der Waals surface area contributed by atoms with Crippen LogP contribution in [0.4, 0.5) is 0 Å². The van der Waals surface area contributed by atoms with Crippen LogP contribution in [0.2, 0.25) is 10.0 Å². The van der Waals surface area contributed by atoms with Crippen molar-refractivity contribution in [2.75, 3.05) is 13.6 Å². The predicted octanol–water partition coefficient (Wildman–Crippen LogP) is 2.09. The zero-order valence-corrected chi connectivity index (χ0v) is 11.8. The summed E-state index contributed by atoms with van der Waals surface area (Å²) in [5, 5.41) is 8.54. The molecule has 8 heteroatoms. The maximum atomic E-state index is 12.2. The van der Waals surface area contributed by atoms with Crippen LogP contribution in [0.1, 0.15) is 6.42 Å². The Balaban J connectivity index is 3.10. The van der Waals surface area contributed by atoms with E-state index in [0.717, 1.165) is 4.31 Å². The van der Waals surface area contributed by atoms with Crippen molar-refractivity contribution in [2.45, 2.75) is 11.3 Å². The SMILES string of the molecule is CN(CCC(=O)O)S(=O)(=O)c1c(Cl)cccc1Cl. The zero-order valence-electron chi connectivity index (χ0n) is 9.43. The highest BCUT2D eigenvalue weighted by Crippen LogP contribution is 2.30. The first-order valence-corrected chi connectivity index (χ1v) is 7.08. The van der Waals surface area contributed by atoms with E-state index in [9.17, 15) is 13.2 Å². The van der Waals surface area contributed by atoms with E-state index >= 15 is 0 Å². The van der Waals surface area contributed by atoms with Gasteiger partial charge in [0.1, 0.15) is 4.90 Å². The monoisotopic (exact) mass is 311 g/mol. The second-order valence-corrected chi connectivity index (χ2v) is 6.32. The second kappa shape index (κ2) is 5.88. The number of hydrogen-bond donors (Lipinski definition) is 1. The largest absolute Gasteiger partial charge is 0.481 e. The summed E-state index contributed by atoms with van der Waals surface area (Å²) in [5.41, 5.74) is 0. The summed E-state index contributed by atoms with van der Waals surface area (Å²) in [4.78, 5) is 10.2. The van der Waals surface area contributed by atoms with Gasteiger partial charge < -0.3 is 5.11 Å². The van der Waals surface area contributed by atoms with E-state index in [2.05, 4.69) is 0 Å². The standard InChI is InChI=1S/C10H11Cl2NO4S/c1-13(6-5-9(14)15)18(16,17)10-7(11)3-2-4-8(10)12/h2-4H,5-6H2,1H3,(H,14,15). The van der Waals surface area contributed by atoms with Gasteiger partial charge in [-0.1, -0.05) is 29.3 Å². The third kappa shape index (κ3) is 3.35. The summed E-state index contributed by atoms with van der Waals surface area (Å²) in [6, 6.07) is 4.34. The van der Waals surface area contributed by atoms with Crippen LogP contribution in [-0.2, 0) is 14.8 Å². The lowest BCUT2D eigenvalue weighted by Gasteiger charge is -2.17. The molecule has 18 heavy (non-hydrogen) atoms. The average Bonchev–Trinajstić information content (AvgIpc) is 2.25. The summed E-state index contributed by atoms with van der Waals surface area (Å²) in [7, 11) is -2.61. The minimum Gasteiger partial charge on any atom is -0.481 e. The maximum Gasteiger partial charge on any atom is 0.304 e. The molecule has 0 unspecified atom stereocenters. The molecule has 0 amide bonds. The third-order valence-electron chi connectivity index (χ3n) is 2.23. The molecule has 0 bridgehead atoms. The first kappa shape index (κ1) is 15.2. The van der Waals surface area contributed by atoms with E-state index in [1.54, 1.807) is 0 Å². The van der Waals surface area contributed by atoms with Crippen molar-refractivity contribution >= 4 is 39.2 Å². The van der Waals surface area contributed by atoms with Gasteiger partial charge in [-0.15, -0.1) is 0 Å². The van der Waals surface area contributed by atoms with Crippen molar-refractivity contribution in [3.8, 4) is 0 Å². The molecule has 0 radical (unpaired) electrons. The molecule has 0 spiro atoms. The lowest BCUT2D eigenvalue weighted by Crippen LogP contribution is -2.29. The van der Waals surface area contributed by atoms with Crippen LogP contribution < -0.4 is 0 Å². The van der Waals surface area contributed by atoms with Crippen LogP contribution in [0.25, 0.3) is 0 Å². The van der Waals surface area contributed by atoms with Crippen LogP contribution in [0.5, 0.6) is 0 Å². The van der Waals surface area contributed by atoms with Crippen molar-refractivity contribution in [3.63, 3.8) is 0 Å². The maximum absolute atomic E-state index is 12.2. The molecular formula is C10H11Cl2NO4S. The Morgan fingerprint density at radius 2 is 1.83 bits per heavy atom. The van der Waals surface area contributed by atoms with Gasteiger partial charge in [0.15, 0.2) is 0 Å². The topological polar surface area (TPSA) is 74.7 Å². The second-order valence-electron chi connectivity index (χ2n) is 3.52. The quantitative estimate of drug-likeness (QED) is 0.903. The number of aliphatic carboxylic acids is 1. The van der Waals surface area contributed by atoms with Crippen LogP contribution in [0, 0.1) is 0 Å². The van der Waals surface area contributed by atoms with Crippen LogP contribution in [-0.4, -0.2) is 37.4 Å². The summed E-state index contributed by atoms with van der Waals surface area (Å²) in [6.45, 7) is -0.154. The van der Waals surface area contributed by atoms with Crippen molar-refractivity contribution in [1.82, 2.24) is 4.31 Å².